The molecule has 21 heavy (non-hydrogen) atoms. The van der Waals surface area contributed by atoms with Crippen molar-refractivity contribution in [3.63, 3.8) is 0 Å². The van der Waals surface area contributed by atoms with Gasteiger partial charge in [-0.2, -0.15) is 16.8 Å². The molecule has 0 unspecified atom stereocenters. The summed E-state index contributed by atoms with van der Waals surface area (Å²) in [6.07, 6.45) is 2.02. The molecule has 0 bridgehead atoms. The first kappa shape index (κ1) is 14.1. The predicted octanol–water partition coefficient (Wildman–Crippen LogP) is 1.59. The summed E-state index contributed by atoms with van der Waals surface area (Å²) in [7, 11) is -9.26. The van der Waals surface area contributed by atoms with Crippen LogP contribution in [0.4, 0.5) is 5.69 Å². The third-order valence-corrected chi connectivity index (χ3v) is 4.98. The van der Waals surface area contributed by atoms with Gasteiger partial charge in [-0.3, -0.25) is 14.1 Å². The summed E-state index contributed by atoms with van der Waals surface area (Å²) in [4.78, 5) is 2.92. The standard InChI is InChI=1S/C12H9NO6S2/c14-20(15,16)7-5-10-8-3-4-13-11(8)2-1-9(10)12(6-7)21(17,18)19/h1-2,4-6H,3H2,(H,14,15,16)(H,17,18,19). The summed E-state index contributed by atoms with van der Waals surface area (Å²) < 4.78 is 64.0. The molecule has 3 rings (SSSR count). The average molecular weight is 327 g/mol. The molecule has 0 fully saturated rings. The highest BCUT2D eigenvalue weighted by Gasteiger charge is 2.23. The maximum absolute atomic E-state index is 11.5. The Labute approximate surface area is 120 Å². The zero-order chi connectivity index (χ0) is 15.4. The van der Waals surface area contributed by atoms with E-state index in [1.807, 2.05) is 0 Å². The molecule has 0 aliphatic carbocycles. The molecule has 0 saturated carbocycles. The maximum Gasteiger partial charge on any atom is 0.295 e. The molecule has 0 aromatic heterocycles. The minimum Gasteiger partial charge on any atom is -0.282 e. The largest absolute Gasteiger partial charge is 0.295 e. The zero-order valence-electron chi connectivity index (χ0n) is 10.4. The van der Waals surface area contributed by atoms with Gasteiger partial charge in [-0.05, 0) is 29.1 Å². The summed E-state index contributed by atoms with van der Waals surface area (Å²) in [5, 5.41) is 0.488. The third-order valence-electron chi connectivity index (χ3n) is 3.26. The number of benzene rings is 2. The van der Waals surface area contributed by atoms with E-state index in [0.29, 0.717) is 23.1 Å². The van der Waals surface area contributed by atoms with Crippen molar-refractivity contribution in [1.82, 2.24) is 0 Å². The van der Waals surface area contributed by atoms with Gasteiger partial charge in [0.2, 0.25) is 0 Å². The van der Waals surface area contributed by atoms with Gasteiger partial charge in [-0.25, -0.2) is 0 Å². The van der Waals surface area contributed by atoms with Crippen molar-refractivity contribution < 1.29 is 25.9 Å². The van der Waals surface area contributed by atoms with Crippen molar-refractivity contribution in [1.29, 1.82) is 0 Å². The molecule has 2 aromatic rings. The van der Waals surface area contributed by atoms with Crippen LogP contribution in [0, 0.1) is 0 Å². The lowest BCUT2D eigenvalue weighted by molar-refractivity contribution is 0.482. The van der Waals surface area contributed by atoms with Crippen molar-refractivity contribution in [3.05, 3.63) is 29.8 Å². The molecule has 0 spiro atoms. The van der Waals surface area contributed by atoms with Crippen LogP contribution in [0.1, 0.15) is 5.56 Å². The highest BCUT2D eigenvalue weighted by molar-refractivity contribution is 7.86. The molecular weight excluding hydrogens is 318 g/mol. The van der Waals surface area contributed by atoms with Gasteiger partial charge >= 0.3 is 0 Å². The van der Waals surface area contributed by atoms with Crippen molar-refractivity contribution in [2.75, 3.05) is 0 Å². The molecule has 2 N–H and O–H groups in total. The summed E-state index contributed by atoms with van der Waals surface area (Å²) in [5.41, 5.74) is 1.24. The number of aliphatic imine (C=N–C) groups is 1. The summed E-state index contributed by atoms with van der Waals surface area (Å²) in [6, 6.07) is 4.93. The Morgan fingerprint density at radius 2 is 1.67 bits per heavy atom. The van der Waals surface area contributed by atoms with Gasteiger partial charge < -0.3 is 0 Å². The van der Waals surface area contributed by atoms with Crippen LogP contribution in [0.15, 0.2) is 39.0 Å². The summed E-state index contributed by atoms with van der Waals surface area (Å²) in [6.45, 7) is 0. The number of hydrogen-bond acceptors (Lipinski definition) is 5. The van der Waals surface area contributed by atoms with E-state index in [2.05, 4.69) is 4.99 Å². The molecule has 2 aromatic carbocycles. The molecule has 1 aliphatic rings. The van der Waals surface area contributed by atoms with Gasteiger partial charge in [0.15, 0.2) is 0 Å². The van der Waals surface area contributed by atoms with Gasteiger partial charge in [0.1, 0.15) is 4.90 Å². The fourth-order valence-electron chi connectivity index (χ4n) is 2.36. The monoisotopic (exact) mass is 327 g/mol. The molecule has 0 radical (unpaired) electrons. The Hall–Kier alpha value is -1.81. The normalized spacial score (nSPS) is 14.6. The van der Waals surface area contributed by atoms with E-state index in [4.69, 9.17) is 4.55 Å². The van der Waals surface area contributed by atoms with E-state index in [-0.39, 0.29) is 5.39 Å². The van der Waals surface area contributed by atoms with Crippen molar-refractivity contribution in [3.8, 4) is 0 Å². The molecule has 1 heterocycles. The van der Waals surface area contributed by atoms with E-state index in [1.165, 1.54) is 12.1 Å². The Kier molecular flexibility index (Phi) is 2.92. The highest BCUT2D eigenvalue weighted by atomic mass is 32.2. The second-order valence-electron chi connectivity index (χ2n) is 4.55. The van der Waals surface area contributed by atoms with Gasteiger partial charge in [0, 0.05) is 18.0 Å². The number of rotatable bonds is 2. The van der Waals surface area contributed by atoms with Crippen LogP contribution >= 0.6 is 0 Å². The lowest BCUT2D eigenvalue weighted by Gasteiger charge is -2.10. The fourth-order valence-corrected chi connectivity index (χ4v) is 3.70. The van der Waals surface area contributed by atoms with Crippen LogP contribution in [0.2, 0.25) is 0 Å². The van der Waals surface area contributed by atoms with E-state index in [0.717, 1.165) is 6.07 Å². The molecule has 9 heteroatoms. The van der Waals surface area contributed by atoms with E-state index < -0.39 is 30.0 Å². The smallest absolute Gasteiger partial charge is 0.282 e. The van der Waals surface area contributed by atoms with Crippen LogP contribution in [0.3, 0.4) is 0 Å². The van der Waals surface area contributed by atoms with Crippen LogP contribution in [0.5, 0.6) is 0 Å². The molecule has 110 valence electrons. The molecule has 0 atom stereocenters. The molecule has 7 nitrogen and oxygen atoms in total. The first-order valence-corrected chi connectivity index (χ1v) is 8.63. The average Bonchev–Trinajstić information content (AvgIpc) is 2.83. The SMILES string of the molecule is O=S(=O)(O)c1cc(S(=O)(=O)O)c2ccc3c(c2c1)CC=N3. The molecule has 0 saturated heterocycles. The highest BCUT2D eigenvalue weighted by Crippen LogP contribution is 2.36. The molecular formula is C12H9NO6S2. The molecule has 1 aliphatic heterocycles. The van der Waals surface area contributed by atoms with Crippen LogP contribution in [-0.4, -0.2) is 32.2 Å². The van der Waals surface area contributed by atoms with Gasteiger partial charge in [-0.15, -0.1) is 0 Å². The fraction of sp³-hybridized carbons (Fsp3) is 0.0833. The van der Waals surface area contributed by atoms with Crippen LogP contribution in [-0.2, 0) is 26.7 Å². The Morgan fingerprint density at radius 1 is 0.952 bits per heavy atom. The van der Waals surface area contributed by atoms with Gasteiger partial charge in [-0.1, -0.05) is 6.07 Å². The quantitative estimate of drug-likeness (QED) is 0.808. The number of hydrogen-bond donors (Lipinski definition) is 2. The Balaban J connectivity index is 2.52. The minimum absolute atomic E-state index is 0.175. The summed E-state index contributed by atoms with van der Waals surface area (Å²) in [5.74, 6) is 0. The maximum atomic E-state index is 11.5. The van der Waals surface area contributed by atoms with Crippen LogP contribution < -0.4 is 0 Å². The second-order valence-corrected chi connectivity index (χ2v) is 7.36. The lowest BCUT2D eigenvalue weighted by atomic mass is 10.0. The first-order valence-electron chi connectivity index (χ1n) is 5.75. The van der Waals surface area contributed by atoms with E-state index >= 15 is 0 Å². The number of fused-ring (bicyclic) bond motifs is 3. The van der Waals surface area contributed by atoms with E-state index in [9.17, 15) is 21.4 Å². The summed E-state index contributed by atoms with van der Waals surface area (Å²) >= 11 is 0. The zero-order valence-corrected chi connectivity index (χ0v) is 12.0. The Morgan fingerprint density at radius 3 is 2.29 bits per heavy atom. The topological polar surface area (TPSA) is 121 Å². The predicted molar refractivity (Wildman–Crippen MR) is 75.4 cm³/mol. The van der Waals surface area contributed by atoms with E-state index in [1.54, 1.807) is 12.3 Å². The van der Waals surface area contributed by atoms with Gasteiger partial charge in [0.25, 0.3) is 20.2 Å². The lowest BCUT2D eigenvalue weighted by Crippen LogP contribution is -2.05. The van der Waals surface area contributed by atoms with Crippen molar-refractivity contribution >= 4 is 42.9 Å². The second kappa shape index (κ2) is 4.34. The van der Waals surface area contributed by atoms with Crippen molar-refractivity contribution in [2.45, 2.75) is 16.2 Å². The van der Waals surface area contributed by atoms with Gasteiger partial charge in [0.05, 0.1) is 10.6 Å². The Bertz CT molecular complexity index is 1010. The molecule has 0 amide bonds. The third kappa shape index (κ3) is 2.33. The van der Waals surface area contributed by atoms with Crippen LogP contribution in [0.25, 0.3) is 10.8 Å². The van der Waals surface area contributed by atoms with Crippen molar-refractivity contribution in [2.24, 2.45) is 4.99 Å². The number of nitrogens with zero attached hydrogens (tertiary/aromatic N) is 1. The minimum atomic E-state index is -4.65. The first-order chi connectivity index (χ1) is 9.68.